The molecule has 1 fully saturated rings. The van der Waals surface area contributed by atoms with Crippen LogP contribution >= 0.6 is 0 Å². The molecule has 3 rings (SSSR count). The first-order valence-electron chi connectivity index (χ1n) is 8.33. The minimum absolute atomic E-state index is 0.128. The molecular formula is C18H20N2O4. The van der Waals surface area contributed by atoms with Crippen molar-refractivity contribution in [1.82, 2.24) is 10.2 Å². The number of nitrogens with zero attached hydrogens (tertiary/aromatic N) is 1. The Morgan fingerprint density at radius 2 is 1.75 bits per heavy atom. The van der Waals surface area contributed by atoms with Crippen molar-refractivity contribution in [2.24, 2.45) is 0 Å². The highest BCUT2D eigenvalue weighted by molar-refractivity contribution is 6.23. The molecule has 2 aliphatic rings. The standard InChI is InChI=1S/C18H20N2O4/c1-3-10(4-2)11-5-6-12-13(9-11)18(24)20(17(12)23)14-7-8-15(21)19-16(14)22/h5-6,9-10,14H,3-4,7-8H2,1-2H3,(H,19,21,22). The largest absolute Gasteiger partial charge is 0.295 e. The molecule has 126 valence electrons. The molecule has 0 bridgehead atoms. The van der Waals surface area contributed by atoms with Gasteiger partial charge in [-0.05, 0) is 42.9 Å². The summed E-state index contributed by atoms with van der Waals surface area (Å²) >= 11 is 0. The Kier molecular flexibility index (Phi) is 4.22. The van der Waals surface area contributed by atoms with E-state index in [1.807, 2.05) is 6.07 Å². The predicted octanol–water partition coefficient (Wildman–Crippen LogP) is 1.99. The number of imide groups is 2. The maximum absolute atomic E-state index is 12.7. The molecule has 1 aromatic rings. The van der Waals surface area contributed by atoms with Gasteiger partial charge in [0.05, 0.1) is 11.1 Å². The van der Waals surface area contributed by atoms with Gasteiger partial charge in [0, 0.05) is 6.42 Å². The Labute approximate surface area is 140 Å². The van der Waals surface area contributed by atoms with Crippen LogP contribution in [0.15, 0.2) is 18.2 Å². The summed E-state index contributed by atoms with van der Waals surface area (Å²) in [5.74, 6) is -1.52. The Balaban J connectivity index is 1.94. The van der Waals surface area contributed by atoms with Gasteiger partial charge in [0.2, 0.25) is 11.8 Å². The number of rotatable bonds is 4. The quantitative estimate of drug-likeness (QED) is 0.857. The Morgan fingerprint density at radius 3 is 2.38 bits per heavy atom. The summed E-state index contributed by atoms with van der Waals surface area (Å²) in [5, 5.41) is 2.20. The molecule has 1 unspecified atom stereocenters. The predicted molar refractivity (Wildman–Crippen MR) is 86.4 cm³/mol. The monoisotopic (exact) mass is 328 g/mol. The fraction of sp³-hybridized carbons (Fsp3) is 0.444. The molecule has 6 nitrogen and oxygen atoms in total. The van der Waals surface area contributed by atoms with Crippen molar-refractivity contribution in [3.8, 4) is 0 Å². The maximum atomic E-state index is 12.7. The summed E-state index contributed by atoms with van der Waals surface area (Å²) in [4.78, 5) is 49.6. The highest BCUT2D eigenvalue weighted by Gasteiger charge is 2.44. The Bertz CT molecular complexity index is 737. The molecule has 0 aromatic heterocycles. The number of amides is 4. The number of hydrogen-bond acceptors (Lipinski definition) is 4. The van der Waals surface area contributed by atoms with Crippen molar-refractivity contribution >= 4 is 23.6 Å². The van der Waals surface area contributed by atoms with E-state index in [1.54, 1.807) is 12.1 Å². The molecule has 1 atom stereocenters. The number of piperidine rings is 1. The van der Waals surface area contributed by atoms with Gasteiger partial charge in [-0.2, -0.15) is 0 Å². The van der Waals surface area contributed by atoms with E-state index in [2.05, 4.69) is 19.2 Å². The second-order valence-corrected chi connectivity index (χ2v) is 6.27. The molecule has 0 aliphatic carbocycles. The molecule has 0 spiro atoms. The summed E-state index contributed by atoms with van der Waals surface area (Å²) in [7, 11) is 0. The lowest BCUT2D eigenvalue weighted by Crippen LogP contribution is -2.54. The van der Waals surface area contributed by atoms with Gasteiger partial charge in [0.25, 0.3) is 11.8 Å². The van der Waals surface area contributed by atoms with Crippen molar-refractivity contribution in [2.45, 2.75) is 51.5 Å². The molecule has 1 saturated heterocycles. The van der Waals surface area contributed by atoms with Crippen LogP contribution in [0.25, 0.3) is 0 Å². The zero-order valence-corrected chi connectivity index (χ0v) is 13.8. The lowest BCUT2D eigenvalue weighted by molar-refractivity contribution is -0.136. The van der Waals surface area contributed by atoms with Crippen molar-refractivity contribution in [3.63, 3.8) is 0 Å². The molecule has 1 N–H and O–H groups in total. The van der Waals surface area contributed by atoms with Crippen LogP contribution in [0.2, 0.25) is 0 Å². The SMILES string of the molecule is CCC(CC)c1ccc2c(c1)C(=O)N(C1CCC(=O)NC1=O)C2=O. The lowest BCUT2D eigenvalue weighted by atomic mass is 9.91. The molecular weight excluding hydrogens is 308 g/mol. The number of carbonyl (C=O) groups is 4. The first-order chi connectivity index (χ1) is 11.5. The van der Waals surface area contributed by atoms with E-state index in [0.29, 0.717) is 17.0 Å². The third-order valence-corrected chi connectivity index (χ3v) is 4.92. The number of benzene rings is 1. The van der Waals surface area contributed by atoms with E-state index in [4.69, 9.17) is 0 Å². The van der Waals surface area contributed by atoms with Crippen molar-refractivity contribution < 1.29 is 19.2 Å². The molecule has 6 heteroatoms. The summed E-state index contributed by atoms with van der Waals surface area (Å²) in [5.41, 5.74) is 1.72. The van der Waals surface area contributed by atoms with E-state index in [0.717, 1.165) is 23.3 Å². The molecule has 2 heterocycles. The van der Waals surface area contributed by atoms with Crippen LogP contribution < -0.4 is 5.32 Å². The molecule has 4 amide bonds. The third-order valence-electron chi connectivity index (χ3n) is 4.92. The van der Waals surface area contributed by atoms with Gasteiger partial charge in [-0.25, -0.2) is 0 Å². The van der Waals surface area contributed by atoms with Gasteiger partial charge in [-0.3, -0.25) is 29.4 Å². The lowest BCUT2D eigenvalue weighted by Gasteiger charge is -2.27. The highest BCUT2D eigenvalue weighted by Crippen LogP contribution is 2.31. The minimum Gasteiger partial charge on any atom is -0.295 e. The Morgan fingerprint density at radius 1 is 1.08 bits per heavy atom. The van der Waals surface area contributed by atoms with Crippen LogP contribution in [-0.4, -0.2) is 34.6 Å². The average Bonchev–Trinajstić information content (AvgIpc) is 2.80. The minimum atomic E-state index is -0.910. The van der Waals surface area contributed by atoms with E-state index >= 15 is 0 Å². The van der Waals surface area contributed by atoms with Crippen LogP contribution in [0.1, 0.15) is 71.7 Å². The van der Waals surface area contributed by atoms with Crippen molar-refractivity contribution in [3.05, 3.63) is 34.9 Å². The fourth-order valence-electron chi connectivity index (χ4n) is 3.50. The van der Waals surface area contributed by atoms with Crippen LogP contribution in [0, 0.1) is 0 Å². The van der Waals surface area contributed by atoms with Gasteiger partial charge in [-0.15, -0.1) is 0 Å². The van der Waals surface area contributed by atoms with Crippen LogP contribution in [0.4, 0.5) is 0 Å². The van der Waals surface area contributed by atoms with Gasteiger partial charge >= 0.3 is 0 Å². The van der Waals surface area contributed by atoms with E-state index in [1.165, 1.54) is 0 Å². The summed E-state index contributed by atoms with van der Waals surface area (Å²) in [6.45, 7) is 4.17. The second-order valence-electron chi connectivity index (χ2n) is 6.27. The molecule has 2 aliphatic heterocycles. The third kappa shape index (κ3) is 2.52. The van der Waals surface area contributed by atoms with Crippen LogP contribution in [0.3, 0.4) is 0 Å². The number of nitrogens with one attached hydrogen (secondary N) is 1. The first kappa shape index (κ1) is 16.4. The fourth-order valence-corrected chi connectivity index (χ4v) is 3.50. The summed E-state index contributed by atoms with van der Waals surface area (Å²) in [6.07, 6.45) is 2.21. The zero-order chi connectivity index (χ0) is 17.4. The zero-order valence-electron chi connectivity index (χ0n) is 13.8. The summed E-state index contributed by atoms with van der Waals surface area (Å²) in [6, 6.07) is 4.43. The van der Waals surface area contributed by atoms with Crippen molar-refractivity contribution in [1.29, 1.82) is 0 Å². The van der Waals surface area contributed by atoms with E-state index in [-0.39, 0.29) is 18.7 Å². The average molecular weight is 328 g/mol. The van der Waals surface area contributed by atoms with Gasteiger partial charge < -0.3 is 0 Å². The topological polar surface area (TPSA) is 83.6 Å². The van der Waals surface area contributed by atoms with Crippen molar-refractivity contribution in [2.75, 3.05) is 0 Å². The number of fused-ring (bicyclic) bond motifs is 1. The second kappa shape index (κ2) is 6.19. The van der Waals surface area contributed by atoms with Crippen LogP contribution in [0.5, 0.6) is 0 Å². The van der Waals surface area contributed by atoms with Gasteiger partial charge in [0.1, 0.15) is 6.04 Å². The summed E-state index contributed by atoms with van der Waals surface area (Å²) < 4.78 is 0. The van der Waals surface area contributed by atoms with E-state index in [9.17, 15) is 19.2 Å². The first-order valence-corrected chi connectivity index (χ1v) is 8.33. The molecule has 0 radical (unpaired) electrons. The molecule has 1 aromatic carbocycles. The van der Waals surface area contributed by atoms with E-state index < -0.39 is 23.8 Å². The van der Waals surface area contributed by atoms with Gasteiger partial charge in [-0.1, -0.05) is 19.9 Å². The number of carbonyl (C=O) groups excluding carboxylic acids is 4. The van der Waals surface area contributed by atoms with Gasteiger partial charge in [0.15, 0.2) is 0 Å². The normalized spacial score (nSPS) is 20.6. The Hall–Kier alpha value is -2.50. The molecule has 24 heavy (non-hydrogen) atoms. The molecule has 0 saturated carbocycles. The number of hydrogen-bond donors (Lipinski definition) is 1. The maximum Gasteiger partial charge on any atom is 0.262 e. The highest BCUT2D eigenvalue weighted by atomic mass is 16.2. The smallest absolute Gasteiger partial charge is 0.262 e. The van der Waals surface area contributed by atoms with Crippen LogP contribution in [-0.2, 0) is 9.59 Å².